The van der Waals surface area contributed by atoms with Crippen LogP contribution in [0, 0.1) is 6.92 Å². The van der Waals surface area contributed by atoms with Crippen LogP contribution in [0.25, 0.3) is 16.8 Å². The fraction of sp³-hybridized carbons (Fsp3) is 0.296. The third-order valence-corrected chi connectivity index (χ3v) is 4.53. The molecule has 0 saturated heterocycles. The Morgan fingerprint density at radius 1 is 1.03 bits per heavy atom. The lowest BCUT2D eigenvalue weighted by molar-refractivity contribution is -0.115. The Morgan fingerprint density at radius 3 is 2.39 bits per heavy atom. The van der Waals surface area contributed by atoms with Crippen LogP contribution in [0.2, 0.25) is 0 Å². The number of nitrogens with zero attached hydrogens (tertiary/aromatic N) is 4. The summed E-state index contributed by atoms with van der Waals surface area (Å²) in [5.41, 5.74) is 6.78. The van der Waals surface area contributed by atoms with Gasteiger partial charge < -0.3 is 5.32 Å². The Bertz CT molecular complexity index is 1100. The normalized spacial score (nSPS) is 10.7. The highest BCUT2D eigenvalue weighted by Gasteiger charge is 2.10. The summed E-state index contributed by atoms with van der Waals surface area (Å²) in [5.74, 6) is 0.359. The van der Waals surface area contributed by atoms with E-state index in [0.29, 0.717) is 5.82 Å². The van der Waals surface area contributed by atoms with Gasteiger partial charge in [-0.2, -0.15) is 0 Å². The maximum atomic E-state index is 12.5. The topological polar surface area (TPSA) is 80.7 Å². The van der Waals surface area contributed by atoms with Crippen molar-refractivity contribution in [3.05, 3.63) is 83.7 Å². The van der Waals surface area contributed by atoms with Crippen LogP contribution in [0.15, 0.2) is 66.9 Å². The number of nitrogens with one attached hydrogen (secondary N) is 1. The fourth-order valence-corrected chi connectivity index (χ4v) is 3.23. The molecule has 0 aliphatic heterocycles. The molecule has 0 aliphatic rings. The highest BCUT2D eigenvalue weighted by atomic mass is 16.1. The van der Waals surface area contributed by atoms with E-state index in [2.05, 4.69) is 58.2 Å². The van der Waals surface area contributed by atoms with E-state index in [1.165, 1.54) is 5.57 Å². The third-order valence-electron chi connectivity index (χ3n) is 4.53. The molecule has 1 amide bonds. The molecule has 0 unspecified atom stereocenters. The number of pyridine rings is 2. The van der Waals surface area contributed by atoms with Gasteiger partial charge in [0.05, 0.1) is 24.0 Å². The van der Waals surface area contributed by atoms with Crippen LogP contribution in [0.5, 0.6) is 0 Å². The minimum Gasteiger partial charge on any atom is -0.310 e. The number of hydrogen-bond acceptors (Lipinski definition) is 5. The Morgan fingerprint density at radius 2 is 1.82 bits per heavy atom. The molecule has 3 rings (SSSR count). The molecule has 0 radical (unpaired) electrons. The van der Waals surface area contributed by atoms with Gasteiger partial charge in [0.15, 0.2) is 0 Å². The van der Waals surface area contributed by atoms with Gasteiger partial charge in [0.1, 0.15) is 5.82 Å². The van der Waals surface area contributed by atoms with Crippen molar-refractivity contribution >= 4 is 17.3 Å². The SMILES string of the molecule is CC.CC/C=C(\C=C(C)C)c1ncc(CC(=O)Nc2ccc(-c3cnccn3)cn2)cc1C. The van der Waals surface area contributed by atoms with Gasteiger partial charge in [0, 0.05) is 30.4 Å². The van der Waals surface area contributed by atoms with E-state index in [1.807, 2.05) is 32.9 Å². The summed E-state index contributed by atoms with van der Waals surface area (Å²) in [6.07, 6.45) is 13.9. The van der Waals surface area contributed by atoms with Gasteiger partial charge in [0.2, 0.25) is 5.91 Å². The summed E-state index contributed by atoms with van der Waals surface area (Å²) >= 11 is 0. The van der Waals surface area contributed by atoms with E-state index in [4.69, 9.17) is 0 Å². The van der Waals surface area contributed by atoms with E-state index in [-0.39, 0.29) is 12.3 Å². The van der Waals surface area contributed by atoms with Crippen LogP contribution in [0.3, 0.4) is 0 Å². The van der Waals surface area contributed by atoms with Crippen molar-refractivity contribution in [2.75, 3.05) is 5.32 Å². The number of allylic oxidation sites excluding steroid dienone is 4. The molecule has 0 spiro atoms. The average molecular weight is 444 g/mol. The number of aromatic nitrogens is 4. The number of hydrogen-bond donors (Lipinski definition) is 1. The Kier molecular flexibility index (Phi) is 10.1. The smallest absolute Gasteiger partial charge is 0.230 e. The molecule has 6 nitrogen and oxygen atoms in total. The maximum Gasteiger partial charge on any atom is 0.230 e. The monoisotopic (exact) mass is 443 g/mol. The average Bonchev–Trinajstić information content (AvgIpc) is 2.81. The summed E-state index contributed by atoms with van der Waals surface area (Å²) in [7, 11) is 0. The second kappa shape index (κ2) is 13.0. The van der Waals surface area contributed by atoms with Crippen molar-refractivity contribution in [3.63, 3.8) is 0 Å². The van der Waals surface area contributed by atoms with Gasteiger partial charge in [-0.05, 0) is 56.0 Å². The van der Waals surface area contributed by atoms with Gasteiger partial charge in [-0.15, -0.1) is 0 Å². The van der Waals surface area contributed by atoms with E-state index in [1.54, 1.807) is 37.1 Å². The molecule has 3 aromatic heterocycles. The number of carbonyl (C=O) groups is 1. The zero-order valence-corrected chi connectivity index (χ0v) is 20.4. The fourth-order valence-electron chi connectivity index (χ4n) is 3.23. The molecule has 172 valence electrons. The second-order valence-corrected chi connectivity index (χ2v) is 7.55. The van der Waals surface area contributed by atoms with E-state index < -0.39 is 0 Å². The summed E-state index contributed by atoms with van der Waals surface area (Å²) < 4.78 is 0. The zero-order chi connectivity index (χ0) is 24.2. The Labute approximate surface area is 197 Å². The molecule has 0 bridgehead atoms. The molecule has 3 aromatic rings. The van der Waals surface area contributed by atoms with Crippen molar-refractivity contribution in [3.8, 4) is 11.3 Å². The van der Waals surface area contributed by atoms with Crippen LogP contribution < -0.4 is 5.32 Å². The van der Waals surface area contributed by atoms with Crippen LogP contribution in [-0.2, 0) is 11.2 Å². The van der Waals surface area contributed by atoms with E-state index >= 15 is 0 Å². The van der Waals surface area contributed by atoms with Gasteiger partial charge in [-0.25, -0.2) is 4.98 Å². The van der Waals surface area contributed by atoms with Gasteiger partial charge in [0.25, 0.3) is 0 Å². The first-order valence-electron chi connectivity index (χ1n) is 11.3. The number of aryl methyl sites for hydroxylation is 1. The third kappa shape index (κ3) is 7.75. The molecule has 0 fully saturated rings. The van der Waals surface area contributed by atoms with E-state index in [9.17, 15) is 4.79 Å². The van der Waals surface area contributed by atoms with Gasteiger partial charge in [-0.1, -0.05) is 44.6 Å². The largest absolute Gasteiger partial charge is 0.310 e. The molecular formula is C27H33N5O. The predicted molar refractivity (Wildman–Crippen MR) is 136 cm³/mol. The number of carbonyl (C=O) groups excluding carboxylic acids is 1. The summed E-state index contributed by atoms with van der Waals surface area (Å²) in [6, 6.07) is 5.64. The van der Waals surface area contributed by atoms with Crippen molar-refractivity contribution in [2.45, 2.75) is 54.4 Å². The summed E-state index contributed by atoms with van der Waals surface area (Å²) in [4.78, 5) is 29.7. The van der Waals surface area contributed by atoms with E-state index in [0.717, 1.165) is 40.1 Å². The molecule has 33 heavy (non-hydrogen) atoms. The highest BCUT2D eigenvalue weighted by Crippen LogP contribution is 2.21. The lowest BCUT2D eigenvalue weighted by atomic mass is 10.0. The number of rotatable bonds is 7. The molecule has 0 aromatic carbocycles. The molecule has 6 heteroatoms. The quantitative estimate of drug-likeness (QED) is 0.439. The molecule has 3 heterocycles. The summed E-state index contributed by atoms with van der Waals surface area (Å²) in [5, 5.41) is 2.84. The first-order chi connectivity index (χ1) is 16.0. The van der Waals surface area contributed by atoms with Crippen LogP contribution >= 0.6 is 0 Å². The lowest BCUT2D eigenvalue weighted by Gasteiger charge is -2.10. The maximum absolute atomic E-state index is 12.5. The van der Waals surface area contributed by atoms with Crippen LogP contribution in [0.4, 0.5) is 5.82 Å². The molecular weight excluding hydrogens is 410 g/mol. The molecule has 1 N–H and O–H groups in total. The second-order valence-electron chi connectivity index (χ2n) is 7.55. The minimum atomic E-state index is -0.137. The van der Waals surface area contributed by atoms with Crippen molar-refractivity contribution < 1.29 is 4.79 Å². The minimum absolute atomic E-state index is 0.137. The van der Waals surface area contributed by atoms with Crippen molar-refractivity contribution in [1.82, 2.24) is 19.9 Å². The van der Waals surface area contributed by atoms with Crippen LogP contribution in [0.1, 0.15) is 57.9 Å². The standard InChI is InChI=1S/C25H27N5O.C2H6/c1-5-6-20(11-17(2)3)25-18(4)12-19(14-29-25)13-24(31)30-23-8-7-21(15-28-23)22-16-26-9-10-27-22;1-2/h6-12,14-16H,5,13H2,1-4H3,(H,28,30,31);1-2H3/b20-6+;. The lowest BCUT2D eigenvalue weighted by Crippen LogP contribution is -2.15. The first kappa shape index (κ1) is 25.6. The molecule has 0 atom stereocenters. The molecule has 0 saturated carbocycles. The zero-order valence-electron chi connectivity index (χ0n) is 20.4. The Balaban J connectivity index is 0.00000187. The Hall–Kier alpha value is -3.67. The number of anilines is 1. The van der Waals surface area contributed by atoms with Crippen molar-refractivity contribution in [2.24, 2.45) is 0 Å². The summed E-state index contributed by atoms with van der Waals surface area (Å²) in [6.45, 7) is 12.3. The van der Waals surface area contributed by atoms with Crippen molar-refractivity contribution in [1.29, 1.82) is 0 Å². The van der Waals surface area contributed by atoms with Gasteiger partial charge in [-0.3, -0.25) is 19.7 Å². The highest BCUT2D eigenvalue weighted by molar-refractivity contribution is 5.91. The van der Waals surface area contributed by atoms with Crippen LogP contribution in [-0.4, -0.2) is 25.8 Å². The number of amides is 1. The molecule has 0 aliphatic carbocycles. The predicted octanol–water partition coefficient (Wildman–Crippen LogP) is 6.21. The first-order valence-corrected chi connectivity index (χ1v) is 11.3. The van der Waals surface area contributed by atoms with Gasteiger partial charge >= 0.3 is 0 Å².